The molecule has 0 radical (unpaired) electrons. The number of aliphatic imine (C=N–C) groups is 1. The third-order valence-electron chi connectivity index (χ3n) is 3.73. The first-order valence-corrected chi connectivity index (χ1v) is 8.34. The van der Waals surface area contributed by atoms with Crippen molar-refractivity contribution in [1.29, 1.82) is 5.26 Å². The molecule has 1 fully saturated rings. The minimum atomic E-state index is -0.467. The summed E-state index contributed by atoms with van der Waals surface area (Å²) in [5.74, 6) is 1.63. The molecular formula is C17H17N3O2S. The first-order chi connectivity index (χ1) is 10.9. The van der Waals surface area contributed by atoms with E-state index >= 15 is 0 Å². The van der Waals surface area contributed by atoms with Crippen molar-refractivity contribution < 1.29 is 9.53 Å². The van der Waals surface area contributed by atoms with Crippen LogP contribution < -0.4 is 4.74 Å². The second kappa shape index (κ2) is 5.74. The Morgan fingerprint density at radius 3 is 2.96 bits per heavy atom. The number of thioether (sulfide) groups is 1. The topological polar surface area (TPSA) is 65.7 Å². The number of nitrogens with zero attached hydrogens (tertiary/aromatic N) is 3. The zero-order valence-electron chi connectivity index (χ0n) is 13.3. The summed E-state index contributed by atoms with van der Waals surface area (Å²) >= 11 is 1.56. The van der Waals surface area contributed by atoms with Gasteiger partial charge < -0.3 is 9.64 Å². The number of amidine groups is 1. The van der Waals surface area contributed by atoms with Crippen LogP contribution in [-0.2, 0) is 0 Å². The number of nitriles is 1. The van der Waals surface area contributed by atoms with Crippen LogP contribution in [0.15, 0.2) is 29.3 Å². The van der Waals surface area contributed by atoms with Gasteiger partial charge in [-0.3, -0.25) is 4.79 Å². The largest absolute Gasteiger partial charge is 0.483 e. The molecule has 0 unspecified atom stereocenters. The lowest BCUT2D eigenvalue weighted by Crippen LogP contribution is -2.34. The van der Waals surface area contributed by atoms with Gasteiger partial charge >= 0.3 is 0 Å². The fourth-order valence-electron chi connectivity index (χ4n) is 2.74. The normalized spacial score (nSPS) is 20.5. The average Bonchev–Trinajstić information content (AvgIpc) is 2.93. The monoisotopic (exact) mass is 327 g/mol. The Labute approximate surface area is 139 Å². The highest BCUT2D eigenvalue weighted by molar-refractivity contribution is 8.14. The van der Waals surface area contributed by atoms with Gasteiger partial charge in [0.25, 0.3) is 0 Å². The van der Waals surface area contributed by atoms with Crippen molar-refractivity contribution in [2.75, 3.05) is 12.3 Å². The number of hydrogen-bond donors (Lipinski definition) is 0. The fraction of sp³-hybridized carbons (Fsp3) is 0.353. The molecule has 0 bridgehead atoms. The van der Waals surface area contributed by atoms with Crippen molar-refractivity contribution in [3.63, 3.8) is 0 Å². The van der Waals surface area contributed by atoms with Crippen LogP contribution in [0.3, 0.4) is 0 Å². The van der Waals surface area contributed by atoms with Gasteiger partial charge in [0.15, 0.2) is 11.0 Å². The van der Waals surface area contributed by atoms with Crippen molar-refractivity contribution in [2.45, 2.75) is 26.4 Å². The van der Waals surface area contributed by atoms with Crippen molar-refractivity contribution >= 4 is 28.4 Å². The zero-order valence-corrected chi connectivity index (χ0v) is 14.1. The van der Waals surface area contributed by atoms with E-state index in [2.05, 4.69) is 4.99 Å². The highest BCUT2D eigenvalue weighted by Gasteiger charge is 2.33. The third-order valence-corrected chi connectivity index (χ3v) is 4.69. The molecule has 118 valence electrons. The molecule has 1 aromatic rings. The highest BCUT2D eigenvalue weighted by Crippen LogP contribution is 2.40. The molecule has 0 saturated carbocycles. The van der Waals surface area contributed by atoms with E-state index in [1.165, 1.54) is 0 Å². The van der Waals surface area contributed by atoms with E-state index < -0.39 is 5.60 Å². The van der Waals surface area contributed by atoms with E-state index in [0.29, 0.717) is 10.7 Å². The summed E-state index contributed by atoms with van der Waals surface area (Å²) in [6, 6.07) is 5.47. The first-order valence-electron chi connectivity index (χ1n) is 7.35. The maximum absolute atomic E-state index is 11.7. The van der Waals surface area contributed by atoms with Gasteiger partial charge in [-0.2, -0.15) is 5.26 Å². The maximum Gasteiger partial charge on any atom is 0.208 e. The molecule has 3 rings (SSSR count). The lowest BCUT2D eigenvalue weighted by atomic mass is 9.96. The van der Waals surface area contributed by atoms with Crippen molar-refractivity contribution in [3.8, 4) is 11.9 Å². The van der Waals surface area contributed by atoms with Crippen LogP contribution in [0.25, 0.3) is 5.70 Å². The molecule has 1 aromatic carbocycles. The van der Waals surface area contributed by atoms with Crippen LogP contribution in [0, 0.1) is 11.5 Å². The molecule has 23 heavy (non-hydrogen) atoms. The summed E-state index contributed by atoms with van der Waals surface area (Å²) in [4.78, 5) is 17.7. The molecule has 6 heteroatoms. The Kier molecular flexibility index (Phi) is 3.90. The van der Waals surface area contributed by atoms with Crippen LogP contribution in [0.1, 0.15) is 36.7 Å². The van der Waals surface area contributed by atoms with E-state index in [1.54, 1.807) is 24.8 Å². The summed E-state index contributed by atoms with van der Waals surface area (Å²) < 4.78 is 6.01. The van der Waals surface area contributed by atoms with Gasteiger partial charge in [-0.25, -0.2) is 0 Å². The second-order valence-electron chi connectivity index (χ2n) is 6.00. The Balaban J connectivity index is 2.13. The van der Waals surface area contributed by atoms with E-state index in [1.807, 2.05) is 43.1 Å². The van der Waals surface area contributed by atoms with Crippen LogP contribution in [0.4, 0.5) is 0 Å². The van der Waals surface area contributed by atoms with Gasteiger partial charge in [-0.15, -0.1) is 4.99 Å². The number of fused-ring (bicyclic) bond motifs is 1. The van der Waals surface area contributed by atoms with Gasteiger partial charge in [-0.1, -0.05) is 11.8 Å². The zero-order chi connectivity index (χ0) is 16.6. The van der Waals surface area contributed by atoms with Crippen molar-refractivity contribution in [1.82, 2.24) is 4.90 Å². The first kappa shape index (κ1) is 15.6. The summed E-state index contributed by atoms with van der Waals surface area (Å²) in [6.45, 7) is 6.29. The standard InChI is InChI=1S/C17H17N3O2S/c1-11(21)12-4-5-15-13(8-12)14(9-17(2,3)22-15)20-6-7-23-16(20)19-10-18/h4-5,8-9H,6-7H2,1-3H3. The molecule has 2 aliphatic heterocycles. The smallest absolute Gasteiger partial charge is 0.208 e. The summed E-state index contributed by atoms with van der Waals surface area (Å²) in [5, 5.41) is 9.58. The van der Waals surface area contributed by atoms with Gasteiger partial charge in [0.05, 0.1) is 5.70 Å². The Morgan fingerprint density at radius 1 is 1.48 bits per heavy atom. The summed E-state index contributed by atoms with van der Waals surface area (Å²) in [6.07, 6.45) is 3.89. The van der Waals surface area contributed by atoms with Gasteiger partial charge in [0.1, 0.15) is 11.4 Å². The molecule has 2 heterocycles. The van der Waals surface area contributed by atoms with Crippen molar-refractivity contribution in [3.05, 3.63) is 35.4 Å². The predicted octanol–water partition coefficient (Wildman–Crippen LogP) is 3.29. The molecule has 0 aliphatic carbocycles. The molecule has 2 aliphatic rings. The van der Waals surface area contributed by atoms with Crippen molar-refractivity contribution in [2.24, 2.45) is 4.99 Å². The molecule has 0 N–H and O–H groups in total. The number of carbonyl (C=O) groups is 1. The Hall–Kier alpha value is -2.26. The SMILES string of the molecule is CC(=O)c1ccc2c(c1)C(N1CCSC1=NC#N)=CC(C)(C)O2. The van der Waals surface area contributed by atoms with E-state index in [-0.39, 0.29) is 5.78 Å². The van der Waals surface area contributed by atoms with Crippen LogP contribution in [0.2, 0.25) is 0 Å². The minimum absolute atomic E-state index is 0.0127. The fourth-order valence-corrected chi connectivity index (χ4v) is 3.65. The molecule has 0 spiro atoms. The number of Topliss-reactive ketones (excluding diaryl/α,β-unsaturated/α-hetero) is 1. The summed E-state index contributed by atoms with van der Waals surface area (Å²) in [7, 11) is 0. The minimum Gasteiger partial charge on any atom is -0.483 e. The Bertz CT molecular complexity index is 775. The van der Waals surface area contributed by atoms with E-state index in [4.69, 9.17) is 10.00 Å². The van der Waals surface area contributed by atoms with Crippen LogP contribution >= 0.6 is 11.8 Å². The lowest BCUT2D eigenvalue weighted by Gasteiger charge is -2.34. The molecular weight excluding hydrogens is 310 g/mol. The Morgan fingerprint density at radius 2 is 2.26 bits per heavy atom. The number of rotatable bonds is 2. The average molecular weight is 327 g/mol. The number of hydrogen-bond acceptors (Lipinski definition) is 5. The second-order valence-corrected chi connectivity index (χ2v) is 7.06. The van der Waals surface area contributed by atoms with E-state index in [9.17, 15) is 4.79 Å². The molecule has 0 atom stereocenters. The molecule has 5 nitrogen and oxygen atoms in total. The molecule has 0 amide bonds. The van der Waals surface area contributed by atoms with Gasteiger partial charge in [0, 0.05) is 23.4 Å². The maximum atomic E-state index is 11.7. The quantitative estimate of drug-likeness (QED) is 0.616. The number of ketones is 1. The van der Waals surface area contributed by atoms with Crippen LogP contribution in [0.5, 0.6) is 5.75 Å². The molecule has 0 aromatic heterocycles. The number of benzene rings is 1. The molecule has 1 saturated heterocycles. The number of ether oxygens (including phenoxy) is 1. The van der Waals surface area contributed by atoms with E-state index in [0.717, 1.165) is 29.3 Å². The predicted molar refractivity (Wildman–Crippen MR) is 91.3 cm³/mol. The summed E-state index contributed by atoms with van der Waals surface area (Å²) in [5.41, 5.74) is 1.98. The van der Waals surface area contributed by atoms with Crippen LogP contribution in [-0.4, -0.2) is 33.7 Å². The lowest BCUT2D eigenvalue weighted by molar-refractivity contribution is 0.101. The highest BCUT2D eigenvalue weighted by atomic mass is 32.2. The van der Waals surface area contributed by atoms with Gasteiger partial charge in [0.2, 0.25) is 6.19 Å². The van der Waals surface area contributed by atoms with Gasteiger partial charge in [-0.05, 0) is 45.0 Å². The number of carbonyl (C=O) groups excluding carboxylic acids is 1. The third kappa shape index (κ3) is 2.97.